The Morgan fingerprint density at radius 1 is 0.960 bits per heavy atom. The van der Waals surface area contributed by atoms with Gasteiger partial charge in [0, 0.05) is 15.7 Å². The van der Waals surface area contributed by atoms with Crippen LogP contribution in [0.15, 0.2) is 53.0 Å². The summed E-state index contributed by atoms with van der Waals surface area (Å²) in [7, 11) is 0. The highest BCUT2D eigenvalue weighted by atomic mass is 79.9. The molecule has 0 aliphatic rings. The van der Waals surface area contributed by atoms with Crippen molar-refractivity contribution in [1.82, 2.24) is 0 Å². The first-order chi connectivity index (χ1) is 11.9. The number of carbonyl (C=O) groups excluding carboxylic acids is 3. The monoisotopic (exact) mass is 406 g/mol. The van der Waals surface area contributed by atoms with Gasteiger partial charge >= 0.3 is 5.97 Å². The first-order valence-electron chi connectivity index (χ1n) is 7.18. The molecule has 0 saturated heterocycles. The number of amides is 2. The SMILES string of the molecule is NC(=O)c1ccc(NC(=O)COC(=O)COc2ccc(Br)cc2)cc1. The zero-order valence-electron chi connectivity index (χ0n) is 13.0. The highest BCUT2D eigenvalue weighted by Crippen LogP contribution is 2.16. The summed E-state index contributed by atoms with van der Waals surface area (Å²) in [6.07, 6.45) is 0. The van der Waals surface area contributed by atoms with E-state index in [9.17, 15) is 14.4 Å². The van der Waals surface area contributed by atoms with E-state index in [0.29, 0.717) is 17.0 Å². The van der Waals surface area contributed by atoms with Crippen LogP contribution in [0.25, 0.3) is 0 Å². The van der Waals surface area contributed by atoms with Crippen molar-refractivity contribution in [2.45, 2.75) is 0 Å². The number of hydrogen-bond acceptors (Lipinski definition) is 5. The molecule has 2 aromatic carbocycles. The maximum absolute atomic E-state index is 11.7. The molecule has 0 bridgehead atoms. The molecule has 7 nitrogen and oxygen atoms in total. The fourth-order valence-corrected chi connectivity index (χ4v) is 2.04. The van der Waals surface area contributed by atoms with E-state index in [1.807, 2.05) is 0 Å². The molecule has 0 spiro atoms. The molecule has 0 radical (unpaired) electrons. The lowest BCUT2D eigenvalue weighted by Gasteiger charge is -2.08. The Labute approximate surface area is 152 Å². The Morgan fingerprint density at radius 2 is 1.60 bits per heavy atom. The van der Waals surface area contributed by atoms with Gasteiger partial charge in [-0.05, 0) is 48.5 Å². The molecule has 0 fully saturated rings. The number of ether oxygens (including phenoxy) is 2. The molecule has 0 heterocycles. The molecule has 0 aromatic heterocycles. The highest BCUT2D eigenvalue weighted by molar-refractivity contribution is 9.10. The molecular formula is C17H15BrN2O5. The minimum Gasteiger partial charge on any atom is -0.482 e. The van der Waals surface area contributed by atoms with Gasteiger partial charge in [0.2, 0.25) is 5.91 Å². The van der Waals surface area contributed by atoms with Crippen molar-refractivity contribution < 1.29 is 23.9 Å². The van der Waals surface area contributed by atoms with Crippen LogP contribution in [0.2, 0.25) is 0 Å². The number of hydrogen-bond donors (Lipinski definition) is 2. The maximum Gasteiger partial charge on any atom is 0.344 e. The average molecular weight is 407 g/mol. The molecule has 8 heteroatoms. The van der Waals surface area contributed by atoms with Crippen LogP contribution in [0, 0.1) is 0 Å². The van der Waals surface area contributed by atoms with Gasteiger partial charge in [0.05, 0.1) is 0 Å². The van der Waals surface area contributed by atoms with Crippen LogP contribution in [0.4, 0.5) is 5.69 Å². The lowest BCUT2D eigenvalue weighted by Crippen LogP contribution is -2.23. The minimum absolute atomic E-state index is 0.303. The Kier molecular flexibility index (Phi) is 6.53. The van der Waals surface area contributed by atoms with E-state index in [0.717, 1.165) is 4.47 Å². The molecule has 2 amide bonds. The summed E-state index contributed by atoms with van der Waals surface area (Å²) in [6, 6.07) is 13.0. The van der Waals surface area contributed by atoms with Crippen molar-refractivity contribution >= 4 is 39.4 Å². The fourth-order valence-electron chi connectivity index (χ4n) is 1.78. The van der Waals surface area contributed by atoms with Crippen LogP contribution in [-0.2, 0) is 14.3 Å². The Balaban J connectivity index is 1.72. The smallest absolute Gasteiger partial charge is 0.344 e. The van der Waals surface area contributed by atoms with Gasteiger partial charge in [-0.15, -0.1) is 0 Å². The third-order valence-corrected chi connectivity index (χ3v) is 3.52. The van der Waals surface area contributed by atoms with E-state index in [1.165, 1.54) is 24.3 Å². The van der Waals surface area contributed by atoms with E-state index in [2.05, 4.69) is 21.2 Å². The van der Waals surface area contributed by atoms with E-state index in [-0.39, 0.29) is 6.61 Å². The summed E-state index contributed by atoms with van der Waals surface area (Å²) < 4.78 is 11.0. The number of esters is 1. The van der Waals surface area contributed by atoms with Gasteiger partial charge in [-0.1, -0.05) is 15.9 Å². The van der Waals surface area contributed by atoms with Gasteiger partial charge in [-0.2, -0.15) is 0 Å². The summed E-state index contributed by atoms with van der Waals surface area (Å²) in [5, 5.41) is 2.53. The van der Waals surface area contributed by atoms with E-state index in [1.54, 1.807) is 24.3 Å². The Bertz CT molecular complexity index is 760. The molecule has 3 N–H and O–H groups in total. The highest BCUT2D eigenvalue weighted by Gasteiger charge is 2.09. The first-order valence-corrected chi connectivity index (χ1v) is 7.97. The van der Waals surface area contributed by atoms with Crippen LogP contribution < -0.4 is 15.8 Å². The van der Waals surface area contributed by atoms with Crippen LogP contribution in [-0.4, -0.2) is 31.0 Å². The summed E-state index contributed by atoms with van der Waals surface area (Å²) >= 11 is 3.29. The van der Waals surface area contributed by atoms with Crippen molar-refractivity contribution in [3.8, 4) is 5.75 Å². The fraction of sp³-hybridized carbons (Fsp3) is 0.118. The zero-order chi connectivity index (χ0) is 18.2. The van der Waals surface area contributed by atoms with Gasteiger partial charge in [0.1, 0.15) is 5.75 Å². The Hall–Kier alpha value is -2.87. The van der Waals surface area contributed by atoms with E-state index in [4.69, 9.17) is 15.2 Å². The van der Waals surface area contributed by atoms with Gasteiger partial charge < -0.3 is 20.5 Å². The molecule has 0 saturated carbocycles. The van der Waals surface area contributed by atoms with Crippen LogP contribution in [0.1, 0.15) is 10.4 Å². The molecular weight excluding hydrogens is 392 g/mol. The van der Waals surface area contributed by atoms with Crippen molar-refractivity contribution in [2.24, 2.45) is 5.73 Å². The second-order valence-corrected chi connectivity index (χ2v) is 5.81. The molecule has 2 rings (SSSR count). The molecule has 0 unspecified atom stereocenters. The summed E-state index contributed by atoms with van der Waals surface area (Å²) in [4.78, 5) is 34.2. The predicted octanol–water partition coefficient (Wildman–Crippen LogP) is 2.11. The first kappa shape index (κ1) is 18.5. The normalized spacial score (nSPS) is 9.96. The summed E-state index contributed by atoms with van der Waals surface area (Å²) in [6.45, 7) is -0.748. The second kappa shape index (κ2) is 8.84. The lowest BCUT2D eigenvalue weighted by molar-refractivity contribution is -0.149. The molecule has 0 aliphatic carbocycles. The number of nitrogens with one attached hydrogen (secondary N) is 1. The molecule has 0 atom stereocenters. The Morgan fingerprint density at radius 3 is 2.20 bits per heavy atom. The third kappa shape index (κ3) is 6.27. The van der Waals surface area contributed by atoms with Crippen LogP contribution >= 0.6 is 15.9 Å². The van der Waals surface area contributed by atoms with Gasteiger partial charge in [-0.25, -0.2) is 4.79 Å². The maximum atomic E-state index is 11.7. The number of nitrogens with two attached hydrogens (primary N) is 1. The molecule has 0 aliphatic heterocycles. The quantitative estimate of drug-likeness (QED) is 0.684. The molecule has 130 valence electrons. The summed E-state index contributed by atoms with van der Waals surface area (Å²) in [5.41, 5.74) is 5.91. The number of rotatable bonds is 7. The topological polar surface area (TPSA) is 108 Å². The van der Waals surface area contributed by atoms with Gasteiger partial charge in [-0.3, -0.25) is 9.59 Å². The molecule has 2 aromatic rings. The van der Waals surface area contributed by atoms with Crippen molar-refractivity contribution in [2.75, 3.05) is 18.5 Å². The van der Waals surface area contributed by atoms with Crippen LogP contribution in [0.3, 0.4) is 0 Å². The number of halogens is 1. The zero-order valence-corrected chi connectivity index (χ0v) is 14.6. The number of primary amides is 1. The van der Waals surface area contributed by atoms with E-state index >= 15 is 0 Å². The van der Waals surface area contributed by atoms with Gasteiger partial charge in [0.15, 0.2) is 13.2 Å². The minimum atomic E-state index is -0.665. The van der Waals surface area contributed by atoms with Crippen molar-refractivity contribution in [1.29, 1.82) is 0 Å². The van der Waals surface area contributed by atoms with Crippen molar-refractivity contribution in [3.05, 3.63) is 58.6 Å². The predicted molar refractivity (Wildman–Crippen MR) is 94.2 cm³/mol. The van der Waals surface area contributed by atoms with Crippen LogP contribution in [0.5, 0.6) is 5.75 Å². The average Bonchev–Trinajstić information content (AvgIpc) is 2.60. The lowest BCUT2D eigenvalue weighted by atomic mass is 10.2. The second-order valence-electron chi connectivity index (χ2n) is 4.89. The number of benzene rings is 2. The van der Waals surface area contributed by atoms with Gasteiger partial charge in [0.25, 0.3) is 5.91 Å². The molecule has 25 heavy (non-hydrogen) atoms. The third-order valence-electron chi connectivity index (χ3n) is 2.99. The number of carbonyl (C=O) groups is 3. The summed E-state index contributed by atoms with van der Waals surface area (Å²) in [5.74, 6) is -1.22. The largest absolute Gasteiger partial charge is 0.482 e. The van der Waals surface area contributed by atoms with E-state index < -0.39 is 24.4 Å². The standard InChI is InChI=1S/C17H15BrN2O5/c18-12-3-7-14(8-4-12)24-10-16(22)25-9-15(21)20-13-5-1-11(2-6-13)17(19)23/h1-8H,9-10H2,(H2,19,23)(H,20,21). The van der Waals surface area contributed by atoms with Crippen molar-refractivity contribution in [3.63, 3.8) is 0 Å². The number of anilines is 1.